The first-order chi connectivity index (χ1) is 5.61. The van der Waals surface area contributed by atoms with E-state index >= 15 is 0 Å². The van der Waals surface area contributed by atoms with Gasteiger partial charge in [-0.1, -0.05) is 13.8 Å². The lowest BCUT2D eigenvalue weighted by molar-refractivity contribution is 0.102. The normalized spacial score (nSPS) is 8.75. The molecule has 0 N–H and O–H groups in total. The molecule has 0 spiro atoms. The molecule has 0 amide bonds. The molecule has 0 saturated carbocycles. The van der Waals surface area contributed by atoms with Crippen LogP contribution < -0.4 is 0 Å². The zero-order chi connectivity index (χ0) is 9.72. The van der Waals surface area contributed by atoms with E-state index in [-0.39, 0.29) is 5.78 Å². The van der Waals surface area contributed by atoms with Crippen molar-refractivity contribution in [2.75, 3.05) is 0 Å². The smallest absolute Gasteiger partial charge is 0.170 e. The minimum atomic E-state index is 0.0996. The molecule has 4 heteroatoms. The first-order valence-electron chi connectivity index (χ1n) is 3.57. The molecule has 0 unspecified atom stereocenters. The number of hydrogen-bond donors (Lipinski definition) is 0. The first-order valence-corrected chi connectivity index (χ1v) is 5.97. The summed E-state index contributed by atoms with van der Waals surface area (Å²) in [7, 11) is 0. The van der Waals surface area contributed by atoms with E-state index < -0.39 is 0 Å². The van der Waals surface area contributed by atoms with E-state index in [4.69, 9.17) is 0 Å². The molecule has 0 bridgehead atoms. The van der Waals surface area contributed by atoms with Crippen molar-refractivity contribution in [2.45, 2.75) is 20.8 Å². The Morgan fingerprint density at radius 3 is 2.08 bits per heavy atom. The third-order valence-electron chi connectivity index (χ3n) is 0.976. The zero-order valence-electron chi connectivity index (χ0n) is 7.15. The van der Waals surface area contributed by atoms with Crippen molar-refractivity contribution in [3.63, 3.8) is 0 Å². The van der Waals surface area contributed by atoms with Crippen LogP contribution in [0.3, 0.4) is 0 Å². The molecule has 0 atom stereocenters. The fraction of sp³-hybridized carbons (Fsp3) is 0.375. The first kappa shape index (κ1) is 12.3. The summed E-state index contributed by atoms with van der Waals surface area (Å²) in [5.41, 5.74) is 0. The number of carbonyl (C=O) groups excluding carboxylic acids is 1. The fourth-order valence-corrected chi connectivity index (χ4v) is 3.18. The zero-order valence-corrected chi connectivity index (χ0v) is 11.1. The summed E-state index contributed by atoms with van der Waals surface area (Å²) < 4.78 is 1.85. The fourth-order valence-electron chi connectivity index (χ4n) is 0.581. The lowest BCUT2D eigenvalue weighted by Gasteiger charge is -1.85. The lowest BCUT2D eigenvalue weighted by Crippen LogP contribution is -1.85. The highest BCUT2D eigenvalue weighted by Crippen LogP contribution is 2.31. The number of carbonyl (C=O) groups is 1. The van der Waals surface area contributed by atoms with E-state index in [0.717, 1.165) is 13.1 Å². The molecule has 0 saturated heterocycles. The Kier molecular flexibility index (Phi) is 6.05. The van der Waals surface area contributed by atoms with Crippen LogP contribution in [0.15, 0.2) is 14.3 Å². The Bertz CT molecular complexity index is 268. The van der Waals surface area contributed by atoms with Crippen LogP contribution >= 0.6 is 43.2 Å². The molecule has 1 rings (SSSR count). The van der Waals surface area contributed by atoms with E-state index in [1.54, 1.807) is 6.92 Å². The molecule has 0 aliphatic heterocycles. The highest BCUT2D eigenvalue weighted by atomic mass is 79.9. The van der Waals surface area contributed by atoms with Crippen molar-refractivity contribution in [1.29, 1.82) is 0 Å². The van der Waals surface area contributed by atoms with Gasteiger partial charge in [-0.15, -0.1) is 11.3 Å². The molecule has 0 radical (unpaired) electrons. The molecular formula is C8H10Br2OS. The van der Waals surface area contributed by atoms with Gasteiger partial charge in [-0.3, -0.25) is 4.79 Å². The SMILES string of the molecule is CC.CC(=O)c1sc(Br)cc1Br. The summed E-state index contributed by atoms with van der Waals surface area (Å²) in [6.07, 6.45) is 0. The number of rotatable bonds is 1. The molecule has 1 heterocycles. The van der Waals surface area contributed by atoms with Crippen LogP contribution in [0.2, 0.25) is 0 Å². The lowest BCUT2D eigenvalue weighted by atomic mass is 10.4. The molecule has 1 aromatic heterocycles. The highest BCUT2D eigenvalue weighted by Gasteiger charge is 2.08. The summed E-state index contributed by atoms with van der Waals surface area (Å²) >= 11 is 8.01. The molecule has 12 heavy (non-hydrogen) atoms. The standard InChI is InChI=1S/C6H4Br2OS.C2H6/c1-3(9)6-4(7)2-5(8)10-6;1-2/h2H,1H3;1-2H3. The minimum absolute atomic E-state index is 0.0996. The summed E-state index contributed by atoms with van der Waals surface area (Å²) in [5, 5.41) is 0. The van der Waals surface area contributed by atoms with Crippen LogP contribution in [0.5, 0.6) is 0 Å². The number of halogens is 2. The molecule has 0 aliphatic carbocycles. The predicted molar refractivity (Wildman–Crippen MR) is 61.1 cm³/mol. The Balaban J connectivity index is 0.000000561. The van der Waals surface area contributed by atoms with Crippen LogP contribution in [-0.4, -0.2) is 5.78 Å². The molecule has 68 valence electrons. The van der Waals surface area contributed by atoms with Gasteiger partial charge < -0.3 is 0 Å². The van der Waals surface area contributed by atoms with Gasteiger partial charge in [0.05, 0.1) is 8.66 Å². The summed E-state index contributed by atoms with van der Waals surface area (Å²) in [4.78, 5) is 11.6. The number of thiophene rings is 1. The van der Waals surface area contributed by atoms with Gasteiger partial charge in [0.25, 0.3) is 0 Å². The Labute approximate surface area is 93.4 Å². The number of hydrogen-bond acceptors (Lipinski definition) is 2. The second-order valence-corrected chi connectivity index (χ2v) is 5.07. The van der Waals surface area contributed by atoms with Crippen molar-refractivity contribution in [2.24, 2.45) is 0 Å². The summed E-state index contributed by atoms with van der Waals surface area (Å²) in [5.74, 6) is 0.0996. The molecule has 1 nitrogen and oxygen atoms in total. The number of ketones is 1. The van der Waals surface area contributed by atoms with Crippen molar-refractivity contribution in [3.05, 3.63) is 19.2 Å². The third kappa shape index (κ3) is 3.37. The Morgan fingerprint density at radius 2 is 1.92 bits per heavy atom. The van der Waals surface area contributed by atoms with Crippen molar-refractivity contribution in [3.8, 4) is 0 Å². The maximum Gasteiger partial charge on any atom is 0.170 e. The van der Waals surface area contributed by atoms with Crippen LogP contribution in [0.1, 0.15) is 30.4 Å². The molecule has 0 aliphatic rings. The van der Waals surface area contributed by atoms with E-state index in [1.807, 2.05) is 19.9 Å². The molecule has 0 fully saturated rings. The van der Waals surface area contributed by atoms with Crippen LogP contribution in [0.25, 0.3) is 0 Å². The predicted octanol–water partition coefficient (Wildman–Crippen LogP) is 4.50. The van der Waals surface area contributed by atoms with Crippen LogP contribution in [0, 0.1) is 0 Å². The van der Waals surface area contributed by atoms with Crippen molar-refractivity contribution < 1.29 is 4.79 Å². The summed E-state index contributed by atoms with van der Waals surface area (Å²) in [6.45, 7) is 5.56. The van der Waals surface area contributed by atoms with Gasteiger partial charge in [0.1, 0.15) is 0 Å². The van der Waals surface area contributed by atoms with Gasteiger partial charge in [0.15, 0.2) is 5.78 Å². The number of Topliss-reactive ketones (excluding diaryl/α,β-unsaturated/α-hetero) is 1. The van der Waals surface area contributed by atoms with Gasteiger partial charge in [-0.2, -0.15) is 0 Å². The van der Waals surface area contributed by atoms with E-state index in [2.05, 4.69) is 31.9 Å². The van der Waals surface area contributed by atoms with Crippen LogP contribution in [-0.2, 0) is 0 Å². The Hall–Kier alpha value is 0.330. The second-order valence-electron chi connectivity index (χ2n) is 1.78. The maximum absolute atomic E-state index is 10.8. The van der Waals surface area contributed by atoms with Gasteiger partial charge in [-0.05, 0) is 44.8 Å². The highest BCUT2D eigenvalue weighted by molar-refractivity contribution is 9.11. The molecular weight excluding hydrogens is 304 g/mol. The maximum atomic E-state index is 10.8. The molecule has 0 aromatic carbocycles. The Morgan fingerprint density at radius 1 is 1.42 bits per heavy atom. The largest absolute Gasteiger partial charge is 0.294 e. The van der Waals surface area contributed by atoms with Gasteiger partial charge >= 0.3 is 0 Å². The third-order valence-corrected chi connectivity index (χ3v) is 3.60. The van der Waals surface area contributed by atoms with Crippen molar-refractivity contribution in [1.82, 2.24) is 0 Å². The average Bonchev–Trinajstić information content (AvgIpc) is 2.34. The van der Waals surface area contributed by atoms with Crippen LogP contribution in [0.4, 0.5) is 0 Å². The topological polar surface area (TPSA) is 17.1 Å². The van der Waals surface area contributed by atoms with Crippen molar-refractivity contribution >= 4 is 49.0 Å². The summed E-state index contributed by atoms with van der Waals surface area (Å²) in [6, 6.07) is 1.88. The van der Waals surface area contributed by atoms with E-state index in [1.165, 1.54) is 11.3 Å². The average molecular weight is 314 g/mol. The van der Waals surface area contributed by atoms with E-state index in [9.17, 15) is 4.79 Å². The quantitative estimate of drug-likeness (QED) is 0.698. The van der Waals surface area contributed by atoms with E-state index in [0.29, 0.717) is 0 Å². The van der Waals surface area contributed by atoms with Gasteiger partial charge in [-0.25, -0.2) is 0 Å². The molecule has 1 aromatic rings. The minimum Gasteiger partial charge on any atom is -0.294 e. The van der Waals surface area contributed by atoms with Gasteiger partial charge in [0, 0.05) is 4.47 Å². The monoisotopic (exact) mass is 312 g/mol. The second kappa shape index (κ2) is 5.89. The van der Waals surface area contributed by atoms with Gasteiger partial charge in [0.2, 0.25) is 0 Å².